The Hall–Kier alpha value is -1.62. The molecule has 5 heteroatoms. The average molecular weight is 238 g/mol. The van der Waals surface area contributed by atoms with Crippen molar-refractivity contribution in [3.05, 3.63) is 46.4 Å². The summed E-state index contributed by atoms with van der Waals surface area (Å²) in [6, 6.07) is 5.37. The van der Waals surface area contributed by atoms with Crippen molar-refractivity contribution < 1.29 is 8.78 Å². The molecule has 0 fully saturated rings. The van der Waals surface area contributed by atoms with Gasteiger partial charge in [-0.1, -0.05) is 0 Å². The van der Waals surface area contributed by atoms with Crippen LogP contribution in [0, 0.1) is 23.3 Å². The second-order valence-corrected chi connectivity index (χ2v) is 3.77. The molecule has 1 aromatic heterocycles. The summed E-state index contributed by atoms with van der Waals surface area (Å²) in [4.78, 5) is 6.89. The number of benzene rings is 1. The third-order valence-corrected chi connectivity index (χ3v) is 2.29. The summed E-state index contributed by atoms with van der Waals surface area (Å²) in [5.74, 6) is -1.77. The van der Waals surface area contributed by atoms with Crippen LogP contribution in [0.2, 0.25) is 0 Å². The molecule has 2 aromatic rings. The van der Waals surface area contributed by atoms with Gasteiger partial charge in [-0.25, -0.2) is 13.8 Å². The van der Waals surface area contributed by atoms with Gasteiger partial charge in [0.1, 0.15) is 0 Å². The van der Waals surface area contributed by atoms with Crippen LogP contribution in [0.1, 0.15) is 5.69 Å². The number of nitrogens with zero attached hydrogens (tertiary/aromatic N) is 1. The third-order valence-electron chi connectivity index (χ3n) is 2.09. The van der Waals surface area contributed by atoms with Crippen molar-refractivity contribution in [3.63, 3.8) is 0 Å². The Morgan fingerprint density at radius 2 is 1.94 bits per heavy atom. The van der Waals surface area contributed by atoms with E-state index in [1.54, 1.807) is 6.07 Å². The molecular formula is C11H8F2N2S. The second-order valence-electron chi connectivity index (χ2n) is 3.38. The monoisotopic (exact) mass is 238 g/mol. The zero-order chi connectivity index (χ0) is 11.7. The number of nitrogens with one attached hydrogen (secondary N) is 1. The van der Waals surface area contributed by atoms with E-state index in [0.29, 0.717) is 16.0 Å². The minimum atomic E-state index is -0.893. The lowest BCUT2D eigenvalue weighted by Gasteiger charge is -2.02. The summed E-state index contributed by atoms with van der Waals surface area (Å²) in [6.07, 6.45) is 0. The lowest BCUT2D eigenvalue weighted by molar-refractivity contribution is 0.509. The van der Waals surface area contributed by atoms with Crippen LogP contribution in [0.3, 0.4) is 0 Å². The van der Waals surface area contributed by atoms with Gasteiger partial charge in [0.2, 0.25) is 0 Å². The maximum Gasteiger partial charge on any atom is 0.197 e. The Morgan fingerprint density at radius 3 is 2.56 bits per heavy atom. The molecule has 1 aromatic carbocycles. The van der Waals surface area contributed by atoms with Gasteiger partial charge in [-0.05, 0) is 43.4 Å². The lowest BCUT2D eigenvalue weighted by atomic mass is 10.1. The molecule has 16 heavy (non-hydrogen) atoms. The van der Waals surface area contributed by atoms with Gasteiger partial charge in [0, 0.05) is 11.3 Å². The van der Waals surface area contributed by atoms with Crippen molar-refractivity contribution in [2.24, 2.45) is 0 Å². The van der Waals surface area contributed by atoms with Crippen LogP contribution in [0.15, 0.2) is 24.3 Å². The van der Waals surface area contributed by atoms with E-state index in [4.69, 9.17) is 12.2 Å². The maximum absolute atomic E-state index is 13.0. The van der Waals surface area contributed by atoms with E-state index in [1.165, 1.54) is 6.07 Å². The van der Waals surface area contributed by atoms with Gasteiger partial charge in [-0.15, -0.1) is 0 Å². The van der Waals surface area contributed by atoms with Crippen molar-refractivity contribution in [2.75, 3.05) is 0 Å². The standard InChI is InChI=1S/C11H8F2N2S/c1-6-4-10(15-11(16)14-6)7-2-3-8(12)9(13)5-7/h2-5H,1H3,(H,14,15,16). The SMILES string of the molecule is Cc1cc(-c2ccc(F)c(F)c2)nc(=S)[nH]1. The van der Waals surface area contributed by atoms with Crippen molar-refractivity contribution in [1.82, 2.24) is 9.97 Å². The highest BCUT2D eigenvalue weighted by molar-refractivity contribution is 7.71. The van der Waals surface area contributed by atoms with Gasteiger partial charge >= 0.3 is 0 Å². The van der Waals surface area contributed by atoms with E-state index in [9.17, 15) is 8.78 Å². The van der Waals surface area contributed by atoms with Crippen LogP contribution in [-0.4, -0.2) is 9.97 Å². The minimum Gasteiger partial charge on any atom is -0.335 e. The molecule has 0 amide bonds. The van der Waals surface area contributed by atoms with Crippen LogP contribution in [0.5, 0.6) is 0 Å². The Kier molecular flexibility index (Phi) is 2.78. The van der Waals surface area contributed by atoms with Gasteiger partial charge in [0.15, 0.2) is 16.4 Å². The number of hydrogen-bond donors (Lipinski definition) is 1. The minimum absolute atomic E-state index is 0.319. The largest absolute Gasteiger partial charge is 0.335 e. The summed E-state index contributed by atoms with van der Waals surface area (Å²) in [5, 5.41) is 0. The first-order valence-corrected chi connectivity index (χ1v) is 5.00. The highest BCUT2D eigenvalue weighted by Gasteiger charge is 2.05. The fraction of sp³-hybridized carbons (Fsp3) is 0.0909. The van der Waals surface area contributed by atoms with E-state index in [2.05, 4.69) is 9.97 Å². The fourth-order valence-electron chi connectivity index (χ4n) is 1.38. The van der Waals surface area contributed by atoms with E-state index < -0.39 is 11.6 Å². The van der Waals surface area contributed by atoms with Crippen LogP contribution in [0.25, 0.3) is 11.3 Å². The maximum atomic E-state index is 13.0. The lowest BCUT2D eigenvalue weighted by Crippen LogP contribution is -1.92. The average Bonchev–Trinajstić information content (AvgIpc) is 2.20. The predicted octanol–water partition coefficient (Wildman–Crippen LogP) is 3.39. The van der Waals surface area contributed by atoms with Crippen molar-refractivity contribution in [2.45, 2.75) is 6.92 Å². The Labute approximate surface area is 96.0 Å². The normalized spacial score (nSPS) is 10.4. The summed E-state index contributed by atoms with van der Waals surface area (Å²) in [7, 11) is 0. The molecule has 2 rings (SSSR count). The van der Waals surface area contributed by atoms with Gasteiger partial charge < -0.3 is 4.98 Å². The Morgan fingerprint density at radius 1 is 1.19 bits per heavy atom. The molecule has 2 nitrogen and oxygen atoms in total. The van der Waals surface area contributed by atoms with E-state index >= 15 is 0 Å². The summed E-state index contributed by atoms with van der Waals surface area (Å²) in [6.45, 7) is 1.82. The van der Waals surface area contributed by atoms with Gasteiger partial charge in [0.25, 0.3) is 0 Å². The molecule has 0 saturated carbocycles. The van der Waals surface area contributed by atoms with Crippen LogP contribution in [0.4, 0.5) is 8.78 Å². The molecule has 1 N–H and O–H groups in total. The highest BCUT2D eigenvalue weighted by atomic mass is 32.1. The topological polar surface area (TPSA) is 28.7 Å². The third kappa shape index (κ3) is 2.14. The molecule has 1 heterocycles. The number of hydrogen-bond acceptors (Lipinski definition) is 2. The van der Waals surface area contributed by atoms with E-state index in [1.807, 2.05) is 6.92 Å². The van der Waals surface area contributed by atoms with Crippen LogP contribution in [-0.2, 0) is 0 Å². The summed E-state index contributed by atoms with van der Waals surface area (Å²) < 4.78 is 26.1. The number of H-pyrrole nitrogens is 1. The summed E-state index contributed by atoms with van der Waals surface area (Å²) in [5.41, 5.74) is 1.85. The first kappa shape index (κ1) is 10.9. The Bertz CT molecular complexity index is 593. The molecule has 0 saturated heterocycles. The van der Waals surface area contributed by atoms with Gasteiger partial charge in [-0.2, -0.15) is 0 Å². The number of rotatable bonds is 1. The van der Waals surface area contributed by atoms with Crippen LogP contribution < -0.4 is 0 Å². The van der Waals surface area contributed by atoms with E-state index in [0.717, 1.165) is 17.8 Å². The van der Waals surface area contributed by atoms with Crippen molar-refractivity contribution >= 4 is 12.2 Å². The molecule has 0 aliphatic heterocycles. The second kappa shape index (κ2) is 4.09. The first-order chi connectivity index (χ1) is 7.56. The molecule has 0 unspecified atom stereocenters. The van der Waals surface area contributed by atoms with Crippen molar-refractivity contribution in [3.8, 4) is 11.3 Å². The molecule has 82 valence electrons. The van der Waals surface area contributed by atoms with Crippen LogP contribution >= 0.6 is 12.2 Å². The Balaban J connectivity index is 2.58. The zero-order valence-corrected chi connectivity index (χ0v) is 9.24. The zero-order valence-electron chi connectivity index (χ0n) is 8.42. The molecule has 0 aliphatic carbocycles. The number of aromatic amines is 1. The highest BCUT2D eigenvalue weighted by Crippen LogP contribution is 2.19. The number of halogens is 2. The molecular weight excluding hydrogens is 230 g/mol. The smallest absolute Gasteiger partial charge is 0.197 e. The van der Waals surface area contributed by atoms with Gasteiger partial charge in [0.05, 0.1) is 5.69 Å². The number of aryl methyl sites for hydroxylation is 1. The first-order valence-electron chi connectivity index (χ1n) is 4.59. The molecule has 0 spiro atoms. The summed E-state index contributed by atoms with van der Waals surface area (Å²) >= 11 is 4.91. The van der Waals surface area contributed by atoms with Crippen molar-refractivity contribution in [1.29, 1.82) is 0 Å². The molecule has 0 bridgehead atoms. The fourth-order valence-corrected chi connectivity index (χ4v) is 1.64. The quantitative estimate of drug-likeness (QED) is 0.771. The van der Waals surface area contributed by atoms with Gasteiger partial charge in [-0.3, -0.25) is 0 Å². The number of aromatic nitrogens is 2. The molecule has 0 radical (unpaired) electrons. The molecule has 0 aliphatic rings. The molecule has 0 atom stereocenters. The predicted molar refractivity (Wildman–Crippen MR) is 59.5 cm³/mol. The van der Waals surface area contributed by atoms with E-state index in [-0.39, 0.29) is 0 Å².